The zero-order chi connectivity index (χ0) is 18.5. The molecule has 0 radical (unpaired) electrons. The lowest BCUT2D eigenvalue weighted by molar-refractivity contribution is 0.116. The number of hydrazine groups is 1. The van der Waals surface area contributed by atoms with E-state index in [1.54, 1.807) is 30.5 Å². The minimum Gasteiger partial charge on any atom is -0.415 e. The van der Waals surface area contributed by atoms with E-state index in [0.717, 1.165) is 11.1 Å². The van der Waals surface area contributed by atoms with Crippen molar-refractivity contribution in [3.8, 4) is 11.5 Å². The van der Waals surface area contributed by atoms with Gasteiger partial charge in [0.2, 0.25) is 5.89 Å². The fourth-order valence-corrected chi connectivity index (χ4v) is 2.33. The second-order valence-electron chi connectivity index (χ2n) is 5.57. The lowest BCUT2D eigenvalue weighted by Gasteiger charge is -2.15. The van der Waals surface area contributed by atoms with Gasteiger partial charge in [-0.2, -0.15) is 8.78 Å². The molecule has 0 saturated carbocycles. The number of alkyl halides is 2. The summed E-state index contributed by atoms with van der Waals surface area (Å²) in [6.07, 6.45) is -1.14. The maximum Gasteiger partial charge on any atom is 0.314 e. The van der Waals surface area contributed by atoms with Crippen molar-refractivity contribution >= 4 is 5.70 Å². The molecule has 26 heavy (non-hydrogen) atoms. The van der Waals surface area contributed by atoms with E-state index >= 15 is 0 Å². The molecule has 0 unspecified atom stereocenters. The first-order valence-corrected chi connectivity index (χ1v) is 7.78. The number of nitrogens with zero attached hydrogens (tertiary/aromatic N) is 3. The van der Waals surface area contributed by atoms with Crippen LogP contribution in [0.25, 0.3) is 17.2 Å². The smallest absolute Gasteiger partial charge is 0.314 e. The van der Waals surface area contributed by atoms with E-state index in [9.17, 15) is 8.78 Å². The first kappa shape index (κ1) is 17.6. The number of halogens is 2. The number of nitrogens with two attached hydrogens (primary N) is 2. The summed E-state index contributed by atoms with van der Waals surface area (Å²) in [6.45, 7) is 0.417. The Labute approximate surface area is 148 Å². The first-order chi connectivity index (χ1) is 12.5. The summed E-state index contributed by atoms with van der Waals surface area (Å²) < 4.78 is 29.9. The molecule has 0 amide bonds. The molecule has 134 valence electrons. The van der Waals surface area contributed by atoms with E-state index < -0.39 is 12.3 Å². The molecule has 0 aliphatic rings. The van der Waals surface area contributed by atoms with Crippen molar-refractivity contribution in [2.45, 2.75) is 13.0 Å². The lowest BCUT2D eigenvalue weighted by atomic mass is 10.1. The van der Waals surface area contributed by atoms with Gasteiger partial charge in [0.25, 0.3) is 5.89 Å². The topological polar surface area (TPSA) is 94.2 Å². The molecule has 0 atom stereocenters. The van der Waals surface area contributed by atoms with Crippen molar-refractivity contribution in [2.24, 2.45) is 11.6 Å². The quantitative estimate of drug-likeness (QED) is 0.519. The van der Waals surface area contributed by atoms with Gasteiger partial charge in [0.1, 0.15) is 0 Å². The van der Waals surface area contributed by atoms with Crippen molar-refractivity contribution in [2.75, 3.05) is 0 Å². The van der Waals surface area contributed by atoms with Crippen LogP contribution >= 0.6 is 0 Å². The average molecular weight is 357 g/mol. The molecular weight excluding hydrogens is 340 g/mol. The van der Waals surface area contributed by atoms with Gasteiger partial charge < -0.3 is 15.2 Å². The third kappa shape index (κ3) is 4.22. The molecule has 0 bridgehead atoms. The molecule has 2 aromatic carbocycles. The van der Waals surface area contributed by atoms with E-state index in [1.165, 1.54) is 5.01 Å². The van der Waals surface area contributed by atoms with E-state index in [-0.39, 0.29) is 5.89 Å². The number of hydrogen-bond acceptors (Lipinski definition) is 6. The number of benzene rings is 2. The Bertz CT molecular complexity index is 878. The van der Waals surface area contributed by atoms with Crippen molar-refractivity contribution < 1.29 is 13.2 Å². The Hall–Kier alpha value is -3.26. The van der Waals surface area contributed by atoms with Crippen LogP contribution < -0.4 is 11.6 Å². The zero-order valence-corrected chi connectivity index (χ0v) is 13.7. The molecule has 1 aromatic heterocycles. The minimum absolute atomic E-state index is 0.0460. The number of aromatic nitrogens is 2. The predicted octanol–water partition coefficient (Wildman–Crippen LogP) is 3.31. The molecule has 0 fully saturated rings. The highest BCUT2D eigenvalue weighted by atomic mass is 19.3. The average Bonchev–Trinajstić information content (AvgIpc) is 3.13. The van der Waals surface area contributed by atoms with Gasteiger partial charge in [0.15, 0.2) is 0 Å². The van der Waals surface area contributed by atoms with Crippen LogP contribution in [-0.4, -0.2) is 15.2 Å². The zero-order valence-electron chi connectivity index (χ0n) is 13.7. The van der Waals surface area contributed by atoms with Gasteiger partial charge in [-0.1, -0.05) is 42.5 Å². The van der Waals surface area contributed by atoms with Crippen LogP contribution in [-0.2, 0) is 6.54 Å². The van der Waals surface area contributed by atoms with E-state index in [4.69, 9.17) is 16.0 Å². The number of hydrogen-bond donors (Lipinski definition) is 2. The van der Waals surface area contributed by atoms with Crippen LogP contribution in [0.5, 0.6) is 0 Å². The Morgan fingerprint density at radius 2 is 1.77 bits per heavy atom. The van der Waals surface area contributed by atoms with Crippen LogP contribution in [0.2, 0.25) is 0 Å². The third-order valence-corrected chi connectivity index (χ3v) is 3.61. The highest BCUT2D eigenvalue weighted by Crippen LogP contribution is 2.23. The van der Waals surface area contributed by atoms with Crippen LogP contribution in [0.1, 0.15) is 23.4 Å². The lowest BCUT2D eigenvalue weighted by Crippen LogP contribution is -2.25. The highest BCUT2D eigenvalue weighted by Gasteiger charge is 2.16. The van der Waals surface area contributed by atoms with Crippen molar-refractivity contribution in [3.05, 3.63) is 77.8 Å². The summed E-state index contributed by atoms with van der Waals surface area (Å²) in [6, 6.07) is 16.5. The SMILES string of the molecule is N/C(=C\N(N)Cc1ccc(-c2nnc(C(F)F)o2)cc1)c1ccccc1. The molecule has 3 aromatic rings. The largest absolute Gasteiger partial charge is 0.415 e. The van der Waals surface area contributed by atoms with Gasteiger partial charge in [0.05, 0.1) is 12.2 Å². The molecule has 0 saturated heterocycles. The van der Waals surface area contributed by atoms with Gasteiger partial charge in [-0.05, 0) is 23.3 Å². The van der Waals surface area contributed by atoms with Crippen molar-refractivity contribution in [1.29, 1.82) is 0 Å². The summed E-state index contributed by atoms with van der Waals surface area (Å²) in [4.78, 5) is 0. The van der Waals surface area contributed by atoms with E-state index in [2.05, 4.69) is 10.2 Å². The summed E-state index contributed by atoms with van der Waals surface area (Å²) in [5.74, 6) is 5.33. The molecule has 4 N–H and O–H groups in total. The molecule has 8 heteroatoms. The van der Waals surface area contributed by atoms with Crippen LogP contribution in [0.3, 0.4) is 0 Å². The van der Waals surface area contributed by atoms with Gasteiger partial charge in [0, 0.05) is 11.8 Å². The molecule has 0 spiro atoms. The molecule has 0 aliphatic heterocycles. The fraction of sp³-hybridized carbons (Fsp3) is 0.111. The Balaban J connectivity index is 1.67. The van der Waals surface area contributed by atoms with Gasteiger partial charge in [-0.3, -0.25) is 0 Å². The second-order valence-corrected chi connectivity index (χ2v) is 5.57. The molecule has 1 heterocycles. The van der Waals surface area contributed by atoms with Gasteiger partial charge >= 0.3 is 6.43 Å². The second kappa shape index (κ2) is 7.75. The van der Waals surface area contributed by atoms with Crippen LogP contribution in [0.4, 0.5) is 8.78 Å². The van der Waals surface area contributed by atoms with Crippen molar-refractivity contribution in [1.82, 2.24) is 15.2 Å². The summed E-state index contributed by atoms with van der Waals surface area (Å²) in [5, 5.41) is 8.39. The van der Waals surface area contributed by atoms with Crippen LogP contribution in [0.15, 0.2) is 65.2 Å². The maximum atomic E-state index is 12.5. The van der Waals surface area contributed by atoms with Gasteiger partial charge in [-0.15, -0.1) is 10.2 Å². The first-order valence-electron chi connectivity index (χ1n) is 7.78. The Morgan fingerprint density at radius 3 is 2.38 bits per heavy atom. The summed E-state index contributed by atoms with van der Waals surface area (Å²) in [5.41, 5.74) is 8.91. The molecular formula is C18H17F2N5O. The maximum absolute atomic E-state index is 12.5. The van der Waals surface area contributed by atoms with Crippen molar-refractivity contribution in [3.63, 3.8) is 0 Å². The number of rotatable bonds is 6. The van der Waals surface area contributed by atoms with E-state index in [0.29, 0.717) is 17.8 Å². The fourth-order valence-electron chi connectivity index (χ4n) is 2.33. The van der Waals surface area contributed by atoms with Crippen LogP contribution in [0, 0.1) is 0 Å². The van der Waals surface area contributed by atoms with E-state index in [1.807, 2.05) is 30.3 Å². The Morgan fingerprint density at radius 1 is 1.08 bits per heavy atom. The van der Waals surface area contributed by atoms with Gasteiger partial charge in [-0.25, -0.2) is 5.84 Å². The molecule has 6 nitrogen and oxygen atoms in total. The minimum atomic E-state index is -2.79. The standard InChI is InChI=1S/C18H17F2N5O/c19-16(20)18-24-23-17(26-18)14-8-6-12(7-9-14)10-25(22)11-15(21)13-4-2-1-3-5-13/h1-9,11,16H,10,21-22H2/b15-11-. The molecule has 3 rings (SSSR count). The normalized spacial score (nSPS) is 11.8. The Kier molecular flexibility index (Phi) is 5.23. The predicted molar refractivity (Wildman–Crippen MR) is 93.0 cm³/mol. The monoisotopic (exact) mass is 357 g/mol. The summed E-state index contributed by atoms with van der Waals surface area (Å²) in [7, 11) is 0. The highest BCUT2D eigenvalue weighted by molar-refractivity contribution is 5.61. The third-order valence-electron chi connectivity index (χ3n) is 3.61. The molecule has 0 aliphatic carbocycles. The summed E-state index contributed by atoms with van der Waals surface area (Å²) >= 11 is 0.